The summed E-state index contributed by atoms with van der Waals surface area (Å²) in [5.74, 6) is -0.744. The second kappa shape index (κ2) is 5.50. The van der Waals surface area contributed by atoms with E-state index in [0.717, 1.165) is 25.7 Å². The van der Waals surface area contributed by atoms with Crippen molar-refractivity contribution in [2.45, 2.75) is 65.3 Å². The zero-order valence-corrected chi connectivity index (χ0v) is 10.5. The highest BCUT2D eigenvalue weighted by Gasteiger charge is 2.41. The van der Waals surface area contributed by atoms with Gasteiger partial charge in [-0.25, -0.2) is 0 Å². The second-order valence-corrected chi connectivity index (χ2v) is 5.03. The van der Waals surface area contributed by atoms with Crippen LogP contribution in [0.4, 0.5) is 0 Å². The van der Waals surface area contributed by atoms with Crippen molar-refractivity contribution >= 4 is 5.97 Å². The minimum Gasteiger partial charge on any atom is -0.481 e. The number of carbonyl (C=O) groups is 1. The first-order chi connectivity index (χ1) is 6.79. The molecule has 0 aromatic carbocycles. The Balaban J connectivity index is 4.84. The number of rotatable bonds is 7. The van der Waals surface area contributed by atoms with Crippen LogP contribution in [0.25, 0.3) is 0 Å². The molecule has 15 heavy (non-hydrogen) atoms. The number of carboxylic acids is 1. The van der Waals surface area contributed by atoms with Crippen molar-refractivity contribution in [3.63, 3.8) is 0 Å². The first kappa shape index (κ1) is 14.4. The molecular formula is C12H25NO2. The van der Waals surface area contributed by atoms with Crippen LogP contribution in [0, 0.1) is 5.41 Å². The summed E-state index contributed by atoms with van der Waals surface area (Å²) in [6, 6.07) is 0. The standard InChI is InChI=1S/C12H25NO2/c1-5-7-8-12(6-2,9-10(14)15)11(3,4)13/h5-9,13H2,1-4H3,(H,14,15). The van der Waals surface area contributed by atoms with E-state index in [1.807, 2.05) is 20.8 Å². The molecule has 3 heteroatoms. The van der Waals surface area contributed by atoms with Crippen LogP contribution < -0.4 is 5.73 Å². The second-order valence-electron chi connectivity index (χ2n) is 5.03. The molecule has 0 amide bonds. The van der Waals surface area contributed by atoms with Crippen molar-refractivity contribution < 1.29 is 9.90 Å². The van der Waals surface area contributed by atoms with Gasteiger partial charge in [-0.05, 0) is 32.1 Å². The Labute approximate surface area is 93.0 Å². The maximum atomic E-state index is 10.9. The zero-order valence-electron chi connectivity index (χ0n) is 10.5. The molecule has 3 N–H and O–H groups in total. The van der Waals surface area contributed by atoms with E-state index in [2.05, 4.69) is 6.92 Å². The average Bonchev–Trinajstić information content (AvgIpc) is 2.09. The molecule has 0 heterocycles. The normalized spacial score (nSPS) is 16.1. The highest BCUT2D eigenvalue weighted by Crippen LogP contribution is 2.41. The van der Waals surface area contributed by atoms with Crippen molar-refractivity contribution in [2.75, 3.05) is 0 Å². The van der Waals surface area contributed by atoms with E-state index < -0.39 is 11.5 Å². The fraction of sp³-hybridized carbons (Fsp3) is 0.917. The summed E-state index contributed by atoms with van der Waals surface area (Å²) in [5.41, 5.74) is 5.45. The van der Waals surface area contributed by atoms with Crippen LogP contribution in [0.2, 0.25) is 0 Å². The van der Waals surface area contributed by atoms with Gasteiger partial charge in [0.1, 0.15) is 0 Å². The lowest BCUT2D eigenvalue weighted by atomic mass is 9.65. The molecule has 0 aliphatic rings. The summed E-state index contributed by atoms with van der Waals surface area (Å²) in [6.07, 6.45) is 4.02. The highest BCUT2D eigenvalue weighted by molar-refractivity contribution is 5.68. The van der Waals surface area contributed by atoms with Crippen molar-refractivity contribution in [2.24, 2.45) is 11.1 Å². The minimum absolute atomic E-state index is 0.174. The Morgan fingerprint density at radius 1 is 1.33 bits per heavy atom. The van der Waals surface area contributed by atoms with Crippen LogP contribution in [0.5, 0.6) is 0 Å². The van der Waals surface area contributed by atoms with E-state index in [-0.39, 0.29) is 11.8 Å². The smallest absolute Gasteiger partial charge is 0.303 e. The molecule has 0 fully saturated rings. The van der Waals surface area contributed by atoms with Gasteiger partial charge < -0.3 is 10.8 Å². The van der Waals surface area contributed by atoms with E-state index in [0.29, 0.717) is 0 Å². The van der Waals surface area contributed by atoms with Gasteiger partial charge in [0.25, 0.3) is 0 Å². The summed E-state index contributed by atoms with van der Waals surface area (Å²) in [4.78, 5) is 10.9. The van der Waals surface area contributed by atoms with Crippen molar-refractivity contribution in [1.29, 1.82) is 0 Å². The summed E-state index contributed by atoms with van der Waals surface area (Å²) in [5, 5.41) is 8.99. The molecular weight excluding hydrogens is 190 g/mol. The van der Waals surface area contributed by atoms with Crippen LogP contribution in [0.1, 0.15) is 59.8 Å². The third kappa shape index (κ3) is 3.82. The monoisotopic (exact) mass is 215 g/mol. The van der Waals surface area contributed by atoms with E-state index in [9.17, 15) is 4.79 Å². The molecule has 0 radical (unpaired) electrons. The van der Waals surface area contributed by atoms with Crippen molar-refractivity contribution in [3.8, 4) is 0 Å². The largest absolute Gasteiger partial charge is 0.481 e. The lowest BCUT2D eigenvalue weighted by Gasteiger charge is -2.43. The van der Waals surface area contributed by atoms with Crippen molar-refractivity contribution in [3.05, 3.63) is 0 Å². The van der Waals surface area contributed by atoms with E-state index in [1.165, 1.54) is 0 Å². The number of hydrogen-bond acceptors (Lipinski definition) is 2. The molecule has 0 saturated heterocycles. The number of aliphatic carboxylic acids is 1. The predicted octanol–water partition coefficient (Wildman–Crippen LogP) is 2.79. The predicted molar refractivity (Wildman–Crippen MR) is 62.8 cm³/mol. The first-order valence-corrected chi connectivity index (χ1v) is 5.79. The third-order valence-electron chi connectivity index (χ3n) is 3.54. The molecule has 1 atom stereocenters. The van der Waals surface area contributed by atoms with Gasteiger partial charge in [0.15, 0.2) is 0 Å². The number of unbranched alkanes of at least 4 members (excludes halogenated alkanes) is 1. The third-order valence-corrected chi connectivity index (χ3v) is 3.54. The van der Waals surface area contributed by atoms with E-state index in [1.54, 1.807) is 0 Å². The molecule has 1 unspecified atom stereocenters. The van der Waals surface area contributed by atoms with Gasteiger partial charge in [-0.15, -0.1) is 0 Å². The topological polar surface area (TPSA) is 63.3 Å². The summed E-state index contributed by atoms with van der Waals surface area (Å²) in [6.45, 7) is 8.03. The van der Waals surface area contributed by atoms with Crippen LogP contribution in [-0.4, -0.2) is 16.6 Å². The summed E-state index contributed by atoms with van der Waals surface area (Å²) >= 11 is 0. The molecule has 0 saturated carbocycles. The quantitative estimate of drug-likeness (QED) is 0.686. The van der Waals surface area contributed by atoms with Crippen LogP contribution in [0.15, 0.2) is 0 Å². The average molecular weight is 215 g/mol. The molecule has 0 aliphatic heterocycles. The Hall–Kier alpha value is -0.570. The lowest BCUT2D eigenvalue weighted by Crippen LogP contribution is -2.51. The van der Waals surface area contributed by atoms with Gasteiger partial charge in [-0.3, -0.25) is 4.79 Å². The van der Waals surface area contributed by atoms with Gasteiger partial charge in [0.05, 0.1) is 6.42 Å². The first-order valence-electron chi connectivity index (χ1n) is 5.79. The Bertz CT molecular complexity index is 208. The highest BCUT2D eigenvalue weighted by atomic mass is 16.4. The minimum atomic E-state index is -0.744. The fourth-order valence-corrected chi connectivity index (χ4v) is 2.20. The van der Waals surface area contributed by atoms with Gasteiger partial charge in [-0.1, -0.05) is 26.7 Å². The summed E-state index contributed by atoms with van der Waals surface area (Å²) < 4.78 is 0. The molecule has 3 nitrogen and oxygen atoms in total. The van der Waals surface area contributed by atoms with E-state index in [4.69, 9.17) is 10.8 Å². The lowest BCUT2D eigenvalue weighted by molar-refractivity contribution is -0.141. The van der Waals surface area contributed by atoms with Crippen LogP contribution >= 0.6 is 0 Å². The molecule has 0 aromatic heterocycles. The van der Waals surface area contributed by atoms with Gasteiger partial charge in [-0.2, -0.15) is 0 Å². The maximum absolute atomic E-state index is 10.9. The maximum Gasteiger partial charge on any atom is 0.303 e. The number of carboxylic acid groups (broad SMARTS) is 1. The Morgan fingerprint density at radius 3 is 2.13 bits per heavy atom. The molecule has 0 bridgehead atoms. The summed E-state index contributed by atoms with van der Waals surface area (Å²) in [7, 11) is 0. The van der Waals surface area contributed by atoms with Gasteiger partial charge in [0, 0.05) is 5.54 Å². The molecule has 0 aromatic rings. The Morgan fingerprint density at radius 2 is 1.87 bits per heavy atom. The molecule has 90 valence electrons. The SMILES string of the molecule is CCCCC(CC)(CC(=O)O)C(C)(C)N. The fourth-order valence-electron chi connectivity index (χ4n) is 2.20. The van der Waals surface area contributed by atoms with Gasteiger partial charge >= 0.3 is 5.97 Å². The van der Waals surface area contributed by atoms with Crippen LogP contribution in [0.3, 0.4) is 0 Å². The molecule has 0 aliphatic carbocycles. The Kier molecular flexibility index (Phi) is 5.29. The zero-order chi connectivity index (χ0) is 12.1. The number of hydrogen-bond donors (Lipinski definition) is 2. The van der Waals surface area contributed by atoms with Crippen LogP contribution in [-0.2, 0) is 4.79 Å². The molecule has 0 spiro atoms. The molecule has 0 rings (SSSR count). The van der Waals surface area contributed by atoms with Gasteiger partial charge in [0.2, 0.25) is 0 Å². The number of nitrogens with two attached hydrogens (primary N) is 1. The van der Waals surface area contributed by atoms with Crippen molar-refractivity contribution in [1.82, 2.24) is 0 Å². The van der Waals surface area contributed by atoms with E-state index >= 15 is 0 Å².